The smallest absolute Gasteiger partial charge is 0.272 e. The minimum atomic E-state index is -0.565. The number of hydrogen-bond acceptors (Lipinski definition) is 8. The molecule has 5 rings (SSSR count). The van der Waals surface area contributed by atoms with Crippen molar-refractivity contribution in [1.82, 2.24) is 19.9 Å². The maximum absolute atomic E-state index is 15.1. The van der Waals surface area contributed by atoms with Crippen molar-refractivity contribution in [2.45, 2.75) is 25.6 Å². The Morgan fingerprint density at radius 2 is 2.00 bits per heavy atom. The minimum Gasteiger partial charge on any atom is -0.481 e. The fraction of sp³-hybridized carbons (Fsp3) is 0.346. The van der Waals surface area contributed by atoms with E-state index in [1.807, 2.05) is 30.0 Å². The molecule has 0 radical (unpaired) electrons. The van der Waals surface area contributed by atoms with Gasteiger partial charge in [0.2, 0.25) is 11.8 Å². The zero-order chi connectivity index (χ0) is 25.4. The van der Waals surface area contributed by atoms with Crippen LogP contribution in [0.15, 0.2) is 36.5 Å². The predicted molar refractivity (Wildman–Crippen MR) is 129 cm³/mol. The van der Waals surface area contributed by atoms with Crippen LogP contribution in [0.3, 0.4) is 0 Å². The van der Waals surface area contributed by atoms with Gasteiger partial charge in [0.05, 0.1) is 37.1 Å². The van der Waals surface area contributed by atoms with E-state index in [9.17, 15) is 4.79 Å². The molecule has 2 aliphatic rings. The maximum Gasteiger partial charge on any atom is 0.272 e. The average Bonchev–Trinajstić information content (AvgIpc) is 2.90. The topological polar surface area (TPSA) is 104 Å². The van der Waals surface area contributed by atoms with Gasteiger partial charge in [0.15, 0.2) is 0 Å². The lowest BCUT2D eigenvalue weighted by Crippen LogP contribution is -2.44. The van der Waals surface area contributed by atoms with Gasteiger partial charge in [-0.15, -0.1) is 0 Å². The standard InChI is InChI=1S/C26H25FN6O3/c1-15-13-33(14-21(36-15)17-6-8-29-22(11-17)35-3)26-30-23(18-5-4-16(12-28)10-20(18)27)19-7-9-32(2)25(34)24(19)31-26/h4-6,8,10-11,15,21H,7,9,13-14H2,1-3H3/t15-,21-/m1/s1. The van der Waals surface area contributed by atoms with E-state index >= 15 is 4.39 Å². The number of rotatable bonds is 4. The quantitative estimate of drug-likeness (QED) is 0.552. The van der Waals surface area contributed by atoms with E-state index < -0.39 is 5.82 Å². The second-order valence-corrected chi connectivity index (χ2v) is 8.95. The monoisotopic (exact) mass is 488 g/mol. The number of nitrogens with zero attached hydrogens (tertiary/aromatic N) is 6. The number of carbonyl (C=O) groups is 1. The van der Waals surface area contributed by atoms with E-state index in [0.29, 0.717) is 49.1 Å². The van der Waals surface area contributed by atoms with Crippen molar-refractivity contribution < 1.29 is 18.7 Å². The van der Waals surface area contributed by atoms with E-state index in [2.05, 4.69) is 9.97 Å². The van der Waals surface area contributed by atoms with Gasteiger partial charge < -0.3 is 19.3 Å². The van der Waals surface area contributed by atoms with Crippen molar-refractivity contribution in [3.05, 3.63) is 64.7 Å². The van der Waals surface area contributed by atoms with Gasteiger partial charge in [-0.3, -0.25) is 4.79 Å². The molecule has 9 nitrogen and oxygen atoms in total. The largest absolute Gasteiger partial charge is 0.481 e. The summed E-state index contributed by atoms with van der Waals surface area (Å²) in [6.45, 7) is 3.36. The Balaban J connectivity index is 1.59. The molecule has 0 aliphatic carbocycles. The van der Waals surface area contributed by atoms with Crippen molar-refractivity contribution in [2.75, 3.05) is 38.7 Å². The number of carbonyl (C=O) groups excluding carboxylic acids is 1. The fourth-order valence-electron chi connectivity index (χ4n) is 4.62. The van der Waals surface area contributed by atoms with Crippen molar-refractivity contribution in [3.8, 4) is 23.2 Å². The summed E-state index contributed by atoms with van der Waals surface area (Å²) in [7, 11) is 3.28. The maximum atomic E-state index is 15.1. The number of benzene rings is 1. The van der Waals surface area contributed by atoms with Gasteiger partial charge in [-0.05, 0) is 43.2 Å². The zero-order valence-corrected chi connectivity index (χ0v) is 20.2. The SMILES string of the molecule is COc1cc([C@H]2CN(c3nc4c(c(-c5ccc(C#N)cc5F)n3)CCN(C)C4=O)C[C@@H](C)O2)ccn1. The van der Waals surface area contributed by atoms with Gasteiger partial charge in [-0.25, -0.2) is 19.3 Å². The van der Waals surface area contributed by atoms with Crippen molar-refractivity contribution in [1.29, 1.82) is 5.26 Å². The Labute approximate surface area is 208 Å². The lowest BCUT2D eigenvalue weighted by Gasteiger charge is -2.37. The summed E-state index contributed by atoms with van der Waals surface area (Å²) >= 11 is 0. The van der Waals surface area contributed by atoms with Gasteiger partial charge in [0.25, 0.3) is 5.91 Å². The summed E-state index contributed by atoms with van der Waals surface area (Å²) in [5.41, 5.74) is 2.61. The number of ether oxygens (including phenoxy) is 2. The molecule has 1 saturated heterocycles. The lowest BCUT2D eigenvalue weighted by molar-refractivity contribution is -0.0180. The molecule has 2 aromatic heterocycles. The molecule has 0 N–H and O–H groups in total. The molecule has 2 atom stereocenters. The van der Waals surface area contributed by atoms with Crippen LogP contribution in [-0.2, 0) is 11.2 Å². The van der Waals surface area contributed by atoms with Crippen LogP contribution in [0.2, 0.25) is 0 Å². The van der Waals surface area contributed by atoms with Gasteiger partial charge in [0, 0.05) is 43.5 Å². The number of morpholine rings is 1. The second-order valence-electron chi connectivity index (χ2n) is 8.95. The Morgan fingerprint density at radius 1 is 1.19 bits per heavy atom. The number of halogens is 1. The highest BCUT2D eigenvalue weighted by molar-refractivity contribution is 5.96. The van der Waals surface area contributed by atoms with Crippen LogP contribution in [0, 0.1) is 17.1 Å². The van der Waals surface area contributed by atoms with Gasteiger partial charge in [-0.1, -0.05) is 0 Å². The molecule has 0 saturated carbocycles. The molecule has 4 heterocycles. The van der Waals surface area contributed by atoms with Crippen LogP contribution >= 0.6 is 0 Å². The highest BCUT2D eigenvalue weighted by atomic mass is 19.1. The van der Waals surface area contributed by atoms with Crippen LogP contribution in [0.1, 0.15) is 40.2 Å². The molecular formula is C26H25FN6O3. The summed E-state index contributed by atoms with van der Waals surface area (Å²) in [5.74, 6) is 0.0201. The number of hydrogen-bond donors (Lipinski definition) is 0. The lowest BCUT2D eigenvalue weighted by atomic mass is 9.97. The van der Waals surface area contributed by atoms with Crippen molar-refractivity contribution in [3.63, 3.8) is 0 Å². The summed E-state index contributed by atoms with van der Waals surface area (Å²) in [6.07, 6.45) is 1.71. The Bertz CT molecular complexity index is 1370. The average molecular weight is 489 g/mol. The third kappa shape index (κ3) is 4.33. The molecule has 1 aromatic carbocycles. The second kappa shape index (κ2) is 9.51. The normalized spacial score (nSPS) is 19.6. The first-order valence-corrected chi connectivity index (χ1v) is 11.6. The Hall–Kier alpha value is -4.10. The first-order chi connectivity index (χ1) is 17.4. The highest BCUT2D eigenvalue weighted by Crippen LogP contribution is 2.34. The molecule has 0 unspecified atom stereocenters. The summed E-state index contributed by atoms with van der Waals surface area (Å²) < 4.78 is 26.5. The molecule has 1 amide bonds. The van der Waals surface area contributed by atoms with E-state index in [0.717, 1.165) is 5.56 Å². The minimum absolute atomic E-state index is 0.156. The number of anilines is 1. The fourth-order valence-corrected chi connectivity index (χ4v) is 4.62. The number of aromatic nitrogens is 3. The molecule has 10 heteroatoms. The van der Waals surface area contributed by atoms with Crippen LogP contribution in [-0.4, -0.2) is 65.7 Å². The number of pyridine rings is 1. The van der Waals surface area contributed by atoms with E-state index in [4.69, 9.17) is 19.7 Å². The van der Waals surface area contributed by atoms with Gasteiger partial charge in [-0.2, -0.15) is 5.26 Å². The van der Waals surface area contributed by atoms with E-state index in [1.165, 1.54) is 12.1 Å². The first kappa shape index (κ1) is 23.6. The van der Waals surface area contributed by atoms with Crippen LogP contribution < -0.4 is 9.64 Å². The number of nitriles is 1. The first-order valence-electron chi connectivity index (χ1n) is 11.6. The van der Waals surface area contributed by atoms with Crippen molar-refractivity contribution >= 4 is 11.9 Å². The van der Waals surface area contributed by atoms with Gasteiger partial charge in [0.1, 0.15) is 17.6 Å². The van der Waals surface area contributed by atoms with Crippen molar-refractivity contribution in [2.24, 2.45) is 0 Å². The van der Waals surface area contributed by atoms with E-state index in [-0.39, 0.29) is 34.9 Å². The third-order valence-corrected chi connectivity index (χ3v) is 6.48. The molecule has 2 aliphatic heterocycles. The van der Waals surface area contributed by atoms with E-state index in [1.54, 1.807) is 31.3 Å². The molecule has 184 valence electrons. The van der Waals surface area contributed by atoms with Crippen LogP contribution in [0.25, 0.3) is 11.3 Å². The Kier molecular flexibility index (Phi) is 6.24. The molecule has 3 aromatic rings. The van der Waals surface area contributed by atoms with Crippen LogP contribution in [0.4, 0.5) is 10.3 Å². The number of methoxy groups -OCH3 is 1. The van der Waals surface area contributed by atoms with Gasteiger partial charge >= 0.3 is 0 Å². The Morgan fingerprint density at radius 3 is 2.75 bits per heavy atom. The molecule has 0 bridgehead atoms. The number of fused-ring (bicyclic) bond motifs is 1. The molecular weight excluding hydrogens is 463 g/mol. The summed E-state index contributed by atoms with van der Waals surface area (Å²) in [5, 5.41) is 9.15. The highest BCUT2D eigenvalue weighted by Gasteiger charge is 2.33. The molecule has 0 spiro atoms. The predicted octanol–water partition coefficient (Wildman–Crippen LogP) is 3.15. The summed E-state index contributed by atoms with van der Waals surface area (Å²) in [6, 6.07) is 9.91. The zero-order valence-electron chi connectivity index (χ0n) is 20.2. The summed E-state index contributed by atoms with van der Waals surface area (Å²) in [4.78, 5) is 30.3. The number of amides is 1. The molecule has 1 fully saturated rings. The third-order valence-electron chi connectivity index (χ3n) is 6.48. The van der Waals surface area contributed by atoms with Crippen LogP contribution in [0.5, 0.6) is 5.88 Å². The number of likely N-dealkylation sites (N-methyl/N-ethyl adjacent to an activating group) is 1. The molecule has 36 heavy (non-hydrogen) atoms.